The van der Waals surface area contributed by atoms with Crippen LogP contribution in [0.2, 0.25) is 0 Å². The number of methoxy groups -OCH3 is 2. The van der Waals surface area contributed by atoms with Crippen molar-refractivity contribution >= 4 is 52.2 Å². The molecule has 0 aliphatic carbocycles. The molecule has 2 aromatic heterocycles. The van der Waals surface area contributed by atoms with Crippen molar-refractivity contribution in [2.45, 2.75) is 24.9 Å². The number of nitrogens with zero attached hydrogens (tertiary/aromatic N) is 5. The third kappa shape index (κ3) is 4.50. The van der Waals surface area contributed by atoms with Gasteiger partial charge in [-0.1, -0.05) is 6.07 Å². The molecule has 38 heavy (non-hydrogen) atoms. The second-order valence-corrected chi connectivity index (χ2v) is 9.20. The SMILES string of the molecule is COc1cc(C(=O)N2CCC3(CC2)CC(=O)c2cc(-c4nnn[nH]4)ccc2O3)nc2c(OC)cccc12.[NaH]. The van der Waals surface area contributed by atoms with E-state index in [2.05, 4.69) is 25.6 Å². The van der Waals surface area contributed by atoms with Crippen LogP contribution in [-0.2, 0) is 0 Å². The van der Waals surface area contributed by atoms with Crippen LogP contribution in [0.1, 0.15) is 40.1 Å². The van der Waals surface area contributed by atoms with Gasteiger partial charge in [0.05, 0.1) is 26.2 Å². The molecule has 1 fully saturated rings. The predicted octanol–water partition coefficient (Wildman–Crippen LogP) is 2.42. The van der Waals surface area contributed by atoms with Gasteiger partial charge in [-0.05, 0) is 40.8 Å². The molecule has 0 bridgehead atoms. The Morgan fingerprint density at radius 2 is 1.87 bits per heavy atom. The third-order valence-corrected chi connectivity index (χ3v) is 7.09. The number of aromatic amines is 1. The zero-order valence-electron chi connectivity index (χ0n) is 20.4. The zero-order valence-corrected chi connectivity index (χ0v) is 20.4. The summed E-state index contributed by atoms with van der Waals surface area (Å²) in [6.45, 7) is 0.883. The molecule has 2 aliphatic heterocycles. The first-order valence-corrected chi connectivity index (χ1v) is 11.9. The first-order chi connectivity index (χ1) is 18.0. The van der Waals surface area contributed by atoms with Crippen LogP contribution in [0, 0.1) is 0 Å². The summed E-state index contributed by atoms with van der Waals surface area (Å²) >= 11 is 0. The number of ketones is 1. The molecule has 1 amide bonds. The van der Waals surface area contributed by atoms with Crippen LogP contribution in [0.4, 0.5) is 0 Å². The van der Waals surface area contributed by atoms with Gasteiger partial charge in [0, 0.05) is 42.9 Å². The van der Waals surface area contributed by atoms with Gasteiger partial charge in [0.25, 0.3) is 5.91 Å². The molecule has 0 unspecified atom stereocenters. The number of pyridine rings is 1. The summed E-state index contributed by atoms with van der Waals surface area (Å²) in [7, 11) is 3.13. The van der Waals surface area contributed by atoms with E-state index in [9.17, 15) is 9.59 Å². The number of piperidine rings is 1. The van der Waals surface area contributed by atoms with E-state index in [1.54, 1.807) is 43.4 Å². The summed E-state index contributed by atoms with van der Waals surface area (Å²) in [4.78, 5) is 32.9. The molecule has 4 heterocycles. The average Bonchev–Trinajstić information content (AvgIpc) is 3.47. The standard InChI is InChI=1S/C26H24N6O5.Na.H/c1-35-21-5-3-4-16-22(36-2)13-18(27-23(16)21)25(34)32-10-8-26(9-11-32)14-19(33)17-12-15(6-7-20(17)37-26)24-28-30-31-29-24;;/h3-7,12-13H,8-11,14H2,1-2H3,(H,28,29,30,31);;. The summed E-state index contributed by atoms with van der Waals surface area (Å²) in [5.74, 6) is 1.95. The number of rotatable bonds is 4. The molecular weight excluding hydrogens is 499 g/mol. The number of para-hydroxylation sites is 1. The first-order valence-electron chi connectivity index (χ1n) is 11.9. The van der Waals surface area contributed by atoms with Crippen LogP contribution in [0.3, 0.4) is 0 Å². The van der Waals surface area contributed by atoms with Crippen molar-refractivity contribution < 1.29 is 23.8 Å². The van der Waals surface area contributed by atoms with Gasteiger partial charge in [-0.15, -0.1) is 5.10 Å². The van der Waals surface area contributed by atoms with Gasteiger partial charge < -0.3 is 19.1 Å². The van der Waals surface area contributed by atoms with E-state index in [0.717, 1.165) is 5.39 Å². The number of H-pyrrole nitrogens is 1. The topological polar surface area (TPSA) is 132 Å². The number of tetrazole rings is 1. The number of benzene rings is 2. The summed E-state index contributed by atoms with van der Waals surface area (Å²) in [5.41, 5.74) is 1.43. The number of amides is 1. The molecule has 1 spiro atoms. The molecule has 0 radical (unpaired) electrons. The second-order valence-electron chi connectivity index (χ2n) is 9.20. The monoisotopic (exact) mass is 524 g/mol. The van der Waals surface area contributed by atoms with Crippen LogP contribution in [0.25, 0.3) is 22.3 Å². The number of fused-ring (bicyclic) bond motifs is 2. The zero-order chi connectivity index (χ0) is 25.6. The molecule has 0 atom stereocenters. The van der Waals surface area contributed by atoms with Crippen LogP contribution in [-0.4, -0.2) is 105 Å². The Bertz CT molecular complexity index is 1520. The number of hydrogen-bond acceptors (Lipinski definition) is 9. The quantitative estimate of drug-likeness (QED) is 0.400. The van der Waals surface area contributed by atoms with E-state index in [-0.39, 0.29) is 53.4 Å². The Morgan fingerprint density at radius 1 is 1.08 bits per heavy atom. The van der Waals surface area contributed by atoms with Crippen molar-refractivity contribution in [1.29, 1.82) is 0 Å². The maximum atomic E-state index is 13.4. The number of likely N-dealkylation sites (tertiary alicyclic amines) is 1. The van der Waals surface area contributed by atoms with Crippen LogP contribution < -0.4 is 14.2 Å². The number of carbonyl (C=O) groups excluding carboxylic acids is 2. The fourth-order valence-electron chi connectivity index (χ4n) is 5.12. The van der Waals surface area contributed by atoms with Crippen molar-refractivity contribution in [1.82, 2.24) is 30.5 Å². The molecule has 11 nitrogen and oxygen atoms in total. The van der Waals surface area contributed by atoms with Crippen molar-refractivity contribution in [2.75, 3.05) is 27.3 Å². The second kappa shape index (κ2) is 10.3. The number of Topliss-reactive ketones (excluding diaryl/α,β-unsaturated/α-hetero) is 1. The van der Waals surface area contributed by atoms with Gasteiger partial charge in [0.15, 0.2) is 11.6 Å². The molecule has 190 valence electrons. The van der Waals surface area contributed by atoms with E-state index in [1.807, 2.05) is 18.2 Å². The molecule has 6 rings (SSSR count). The van der Waals surface area contributed by atoms with E-state index in [1.165, 1.54) is 0 Å². The average molecular weight is 525 g/mol. The summed E-state index contributed by atoms with van der Waals surface area (Å²) in [5, 5.41) is 14.6. The van der Waals surface area contributed by atoms with Gasteiger partial charge in [0.1, 0.15) is 34.1 Å². The van der Waals surface area contributed by atoms with Gasteiger partial charge in [-0.2, -0.15) is 0 Å². The molecule has 2 aromatic carbocycles. The van der Waals surface area contributed by atoms with Gasteiger partial charge in [-0.25, -0.2) is 10.1 Å². The minimum absolute atomic E-state index is 0. The Labute approximate surface area is 240 Å². The van der Waals surface area contributed by atoms with Crippen molar-refractivity contribution in [2.24, 2.45) is 0 Å². The first kappa shape index (κ1) is 26.1. The van der Waals surface area contributed by atoms with E-state index in [0.29, 0.717) is 65.6 Å². The van der Waals surface area contributed by atoms with Crippen LogP contribution in [0.15, 0.2) is 42.5 Å². The fourth-order valence-corrected chi connectivity index (χ4v) is 5.12. The normalized spacial score (nSPS) is 15.9. The van der Waals surface area contributed by atoms with Crippen LogP contribution in [0.5, 0.6) is 17.2 Å². The summed E-state index contributed by atoms with van der Waals surface area (Å²) in [6.07, 6.45) is 1.32. The van der Waals surface area contributed by atoms with Crippen LogP contribution >= 0.6 is 0 Å². The van der Waals surface area contributed by atoms with Gasteiger partial charge in [-0.3, -0.25) is 9.59 Å². The van der Waals surface area contributed by atoms with E-state index in [4.69, 9.17) is 14.2 Å². The molecule has 1 N–H and O–H groups in total. The summed E-state index contributed by atoms with van der Waals surface area (Å²) < 4.78 is 17.4. The number of aromatic nitrogens is 5. The molecule has 12 heteroatoms. The Kier molecular flexibility index (Phi) is 7.08. The summed E-state index contributed by atoms with van der Waals surface area (Å²) in [6, 6.07) is 12.5. The van der Waals surface area contributed by atoms with Crippen molar-refractivity contribution in [3.63, 3.8) is 0 Å². The van der Waals surface area contributed by atoms with Gasteiger partial charge >= 0.3 is 29.6 Å². The van der Waals surface area contributed by atoms with Gasteiger partial charge in [0.2, 0.25) is 0 Å². The third-order valence-electron chi connectivity index (χ3n) is 7.09. The Morgan fingerprint density at radius 3 is 2.58 bits per heavy atom. The predicted molar refractivity (Wildman–Crippen MR) is 139 cm³/mol. The fraction of sp³-hybridized carbons (Fsp3) is 0.308. The Hall–Kier alpha value is -3.54. The van der Waals surface area contributed by atoms with E-state index < -0.39 is 5.60 Å². The number of ether oxygens (including phenoxy) is 3. The number of nitrogens with one attached hydrogen (secondary N) is 1. The number of hydrogen-bond donors (Lipinski definition) is 1. The minimum atomic E-state index is -0.645. The van der Waals surface area contributed by atoms with Crippen molar-refractivity contribution in [3.05, 3.63) is 53.7 Å². The molecule has 1 saturated heterocycles. The molecule has 0 saturated carbocycles. The van der Waals surface area contributed by atoms with E-state index >= 15 is 0 Å². The number of carbonyl (C=O) groups is 2. The van der Waals surface area contributed by atoms with Crippen molar-refractivity contribution in [3.8, 4) is 28.6 Å². The molecular formula is C26H25N6NaO5. The Balaban J connectivity index is 0.00000294. The molecule has 2 aliphatic rings. The molecule has 4 aromatic rings. The maximum absolute atomic E-state index is 13.4.